The van der Waals surface area contributed by atoms with Gasteiger partial charge >= 0.3 is 5.97 Å². The minimum atomic E-state index is -0.950. The second-order valence-corrected chi connectivity index (χ2v) is 6.25. The molecule has 0 unspecified atom stereocenters. The normalized spacial score (nSPS) is 18.1. The number of rotatable bonds is 3. The molecule has 1 fully saturated rings. The van der Waals surface area contributed by atoms with E-state index < -0.39 is 5.97 Å². The van der Waals surface area contributed by atoms with Gasteiger partial charge in [-0.15, -0.1) is 0 Å². The highest BCUT2D eigenvalue weighted by Crippen LogP contribution is 2.17. The Morgan fingerprint density at radius 1 is 1.30 bits per heavy atom. The van der Waals surface area contributed by atoms with Crippen molar-refractivity contribution < 1.29 is 9.90 Å². The first-order valence-electron chi connectivity index (χ1n) is 7.02. The molecule has 110 valence electrons. The van der Waals surface area contributed by atoms with Crippen LogP contribution in [0.2, 0.25) is 0 Å². The number of carboxylic acid groups (broad SMARTS) is 1. The summed E-state index contributed by atoms with van der Waals surface area (Å²) in [5.41, 5.74) is 1.17. The van der Waals surface area contributed by atoms with Gasteiger partial charge in [0.1, 0.15) is 0 Å². The Bertz CT molecular complexity index is 474. The topological polar surface area (TPSA) is 56.7 Å². The smallest absolute Gasteiger partial charge is 0.354 e. The molecule has 5 nitrogen and oxygen atoms in total. The summed E-state index contributed by atoms with van der Waals surface area (Å²) < 4.78 is 0. The quantitative estimate of drug-likeness (QED) is 0.911. The lowest BCUT2D eigenvalue weighted by Gasteiger charge is -2.42. The molecule has 0 radical (unpaired) electrons. The number of hydrogen-bond donors (Lipinski definition) is 1. The molecule has 1 N–H and O–H groups in total. The van der Waals surface area contributed by atoms with Crippen LogP contribution in [0, 0.1) is 0 Å². The Hall–Kier alpha value is -1.46. The molecule has 1 aliphatic rings. The Morgan fingerprint density at radius 2 is 1.95 bits per heavy atom. The lowest BCUT2D eigenvalue weighted by molar-refractivity contribution is 0.0582. The third-order valence-electron chi connectivity index (χ3n) is 3.81. The van der Waals surface area contributed by atoms with Gasteiger partial charge in [0.2, 0.25) is 0 Å². The summed E-state index contributed by atoms with van der Waals surface area (Å²) in [5, 5.41) is 9.15. The summed E-state index contributed by atoms with van der Waals surface area (Å²) in [7, 11) is 0. The first kappa shape index (κ1) is 14.9. The molecule has 0 bridgehead atoms. The maximum absolute atomic E-state index is 11.2. The van der Waals surface area contributed by atoms with E-state index in [-0.39, 0.29) is 11.2 Å². The number of pyridine rings is 1. The van der Waals surface area contributed by atoms with Crippen LogP contribution in [0.3, 0.4) is 0 Å². The third-order valence-corrected chi connectivity index (χ3v) is 3.81. The van der Waals surface area contributed by atoms with E-state index in [0.29, 0.717) is 6.54 Å². The van der Waals surface area contributed by atoms with Crippen molar-refractivity contribution >= 4 is 5.97 Å². The fraction of sp³-hybridized carbons (Fsp3) is 0.600. The maximum Gasteiger partial charge on any atom is 0.354 e. The van der Waals surface area contributed by atoms with E-state index in [4.69, 9.17) is 5.11 Å². The zero-order valence-electron chi connectivity index (χ0n) is 12.5. The average molecular weight is 277 g/mol. The highest BCUT2D eigenvalue weighted by molar-refractivity contribution is 5.86. The van der Waals surface area contributed by atoms with Crippen LogP contribution in [0.1, 0.15) is 36.8 Å². The zero-order chi connectivity index (χ0) is 14.8. The average Bonchev–Trinajstić information content (AvgIpc) is 2.38. The van der Waals surface area contributed by atoms with Crippen molar-refractivity contribution in [2.24, 2.45) is 0 Å². The summed E-state index contributed by atoms with van der Waals surface area (Å²) in [4.78, 5) is 19.9. The van der Waals surface area contributed by atoms with Gasteiger partial charge < -0.3 is 5.11 Å². The van der Waals surface area contributed by atoms with Crippen molar-refractivity contribution in [3.8, 4) is 0 Å². The monoisotopic (exact) mass is 277 g/mol. The van der Waals surface area contributed by atoms with Crippen LogP contribution >= 0.6 is 0 Å². The van der Waals surface area contributed by atoms with Gasteiger partial charge in [-0.1, -0.05) is 6.07 Å². The lowest BCUT2D eigenvalue weighted by atomic mass is 10.0. The highest BCUT2D eigenvalue weighted by Gasteiger charge is 2.26. The fourth-order valence-corrected chi connectivity index (χ4v) is 2.58. The van der Waals surface area contributed by atoms with Crippen LogP contribution in [-0.4, -0.2) is 57.6 Å². The molecule has 0 atom stereocenters. The zero-order valence-corrected chi connectivity index (χ0v) is 12.5. The Morgan fingerprint density at radius 3 is 2.50 bits per heavy atom. The van der Waals surface area contributed by atoms with E-state index in [0.717, 1.165) is 31.7 Å². The first-order chi connectivity index (χ1) is 9.38. The van der Waals surface area contributed by atoms with Gasteiger partial charge in [-0.05, 0) is 32.4 Å². The SMILES string of the molecule is CC(C)(C)N1CCN(Cc2cccnc2C(=O)O)CC1. The van der Waals surface area contributed by atoms with Crippen molar-refractivity contribution in [1.29, 1.82) is 0 Å². The van der Waals surface area contributed by atoms with E-state index >= 15 is 0 Å². The van der Waals surface area contributed by atoms with Gasteiger partial charge in [0.05, 0.1) is 0 Å². The molecule has 1 aromatic rings. The summed E-state index contributed by atoms with van der Waals surface area (Å²) in [5.74, 6) is -0.950. The number of piperazine rings is 1. The Balaban J connectivity index is 1.98. The van der Waals surface area contributed by atoms with Gasteiger partial charge in [0, 0.05) is 44.5 Å². The van der Waals surface area contributed by atoms with Crippen LogP contribution in [0.4, 0.5) is 0 Å². The molecule has 1 saturated heterocycles. The van der Waals surface area contributed by atoms with Gasteiger partial charge in [-0.25, -0.2) is 9.78 Å². The molecule has 2 heterocycles. The Labute approximate surface area is 120 Å². The molecule has 0 saturated carbocycles. The summed E-state index contributed by atoms with van der Waals surface area (Å²) in [6, 6.07) is 3.65. The number of aromatic nitrogens is 1. The van der Waals surface area contributed by atoms with Gasteiger partial charge in [0.15, 0.2) is 5.69 Å². The molecule has 1 aromatic heterocycles. The fourth-order valence-electron chi connectivity index (χ4n) is 2.58. The first-order valence-corrected chi connectivity index (χ1v) is 7.02. The number of carbonyl (C=O) groups is 1. The molecule has 20 heavy (non-hydrogen) atoms. The van der Waals surface area contributed by atoms with Crippen LogP contribution in [0.5, 0.6) is 0 Å². The summed E-state index contributed by atoms with van der Waals surface area (Å²) in [6.45, 7) is 11.3. The minimum absolute atomic E-state index is 0.172. The molecule has 5 heteroatoms. The van der Waals surface area contributed by atoms with E-state index in [1.165, 1.54) is 6.20 Å². The minimum Gasteiger partial charge on any atom is -0.477 e. The molecular weight excluding hydrogens is 254 g/mol. The van der Waals surface area contributed by atoms with Crippen molar-refractivity contribution in [1.82, 2.24) is 14.8 Å². The number of hydrogen-bond acceptors (Lipinski definition) is 4. The van der Waals surface area contributed by atoms with Gasteiger partial charge in [-0.3, -0.25) is 9.80 Å². The number of nitrogens with zero attached hydrogens (tertiary/aromatic N) is 3. The number of aromatic carboxylic acids is 1. The largest absolute Gasteiger partial charge is 0.477 e. The third kappa shape index (κ3) is 3.55. The predicted octanol–water partition coefficient (Wildman–Crippen LogP) is 1.70. The van der Waals surface area contributed by atoms with E-state index in [1.807, 2.05) is 6.07 Å². The van der Waals surface area contributed by atoms with Gasteiger partial charge in [-0.2, -0.15) is 0 Å². The van der Waals surface area contributed by atoms with Crippen molar-refractivity contribution in [3.05, 3.63) is 29.6 Å². The molecule has 1 aliphatic heterocycles. The van der Waals surface area contributed by atoms with Crippen LogP contribution in [0.15, 0.2) is 18.3 Å². The highest BCUT2D eigenvalue weighted by atomic mass is 16.4. The standard InChI is InChI=1S/C15H23N3O2/c1-15(2,3)18-9-7-17(8-10-18)11-12-5-4-6-16-13(12)14(19)20/h4-6H,7-11H2,1-3H3,(H,19,20). The van der Waals surface area contributed by atoms with E-state index in [1.54, 1.807) is 6.07 Å². The molecule has 0 spiro atoms. The van der Waals surface area contributed by atoms with Crippen molar-refractivity contribution in [3.63, 3.8) is 0 Å². The van der Waals surface area contributed by atoms with Crippen molar-refractivity contribution in [2.75, 3.05) is 26.2 Å². The molecular formula is C15H23N3O2. The second-order valence-electron chi connectivity index (χ2n) is 6.25. The Kier molecular flexibility index (Phi) is 4.40. The lowest BCUT2D eigenvalue weighted by Crippen LogP contribution is -2.53. The van der Waals surface area contributed by atoms with E-state index in [9.17, 15) is 4.79 Å². The van der Waals surface area contributed by atoms with Crippen LogP contribution in [-0.2, 0) is 6.54 Å². The van der Waals surface area contributed by atoms with E-state index in [2.05, 4.69) is 35.6 Å². The van der Waals surface area contributed by atoms with Gasteiger partial charge in [0.25, 0.3) is 0 Å². The molecule has 0 amide bonds. The summed E-state index contributed by atoms with van der Waals surface area (Å²) >= 11 is 0. The molecule has 2 rings (SSSR count). The van der Waals surface area contributed by atoms with Crippen LogP contribution < -0.4 is 0 Å². The summed E-state index contributed by atoms with van der Waals surface area (Å²) in [6.07, 6.45) is 1.53. The van der Waals surface area contributed by atoms with Crippen LogP contribution in [0.25, 0.3) is 0 Å². The predicted molar refractivity (Wildman–Crippen MR) is 77.8 cm³/mol. The second kappa shape index (κ2) is 5.89. The number of carboxylic acids is 1. The molecule has 0 aliphatic carbocycles. The molecule has 0 aromatic carbocycles. The maximum atomic E-state index is 11.2. The van der Waals surface area contributed by atoms with Crippen molar-refractivity contribution in [2.45, 2.75) is 32.9 Å².